The van der Waals surface area contributed by atoms with Crippen LogP contribution in [0, 0.1) is 0 Å². The minimum Gasteiger partial charge on any atom is -0.497 e. The Kier molecular flexibility index (Phi) is 6.59. The average Bonchev–Trinajstić information content (AvgIpc) is 3.26. The molecular weight excluding hydrogens is 372 g/mol. The standard InChI is InChI=1S/C22H26N2O5/c1-27-17-9-6-15(7-10-17)18-5-4-12-24(18)21(25)14-23-22(26)16-8-11-19(28-2)20(13-16)29-3/h6-11,13,18H,4-5,12,14H2,1-3H3,(H,23,26)/t18-/m1/s1. The Hall–Kier alpha value is -3.22. The van der Waals surface area contributed by atoms with E-state index in [1.807, 2.05) is 29.2 Å². The lowest BCUT2D eigenvalue weighted by Gasteiger charge is -2.25. The van der Waals surface area contributed by atoms with Gasteiger partial charge in [0, 0.05) is 12.1 Å². The summed E-state index contributed by atoms with van der Waals surface area (Å²) in [5.41, 5.74) is 1.48. The molecule has 1 N–H and O–H groups in total. The van der Waals surface area contributed by atoms with Gasteiger partial charge in [-0.1, -0.05) is 12.1 Å². The van der Waals surface area contributed by atoms with Gasteiger partial charge in [-0.2, -0.15) is 0 Å². The number of carbonyl (C=O) groups is 2. The van der Waals surface area contributed by atoms with Gasteiger partial charge in [0.1, 0.15) is 5.75 Å². The van der Waals surface area contributed by atoms with Gasteiger partial charge < -0.3 is 24.4 Å². The largest absolute Gasteiger partial charge is 0.497 e. The highest BCUT2D eigenvalue weighted by Gasteiger charge is 2.30. The van der Waals surface area contributed by atoms with Gasteiger partial charge in [0.05, 0.1) is 33.9 Å². The number of ether oxygens (including phenoxy) is 3. The van der Waals surface area contributed by atoms with Crippen molar-refractivity contribution in [3.05, 3.63) is 53.6 Å². The van der Waals surface area contributed by atoms with E-state index in [9.17, 15) is 9.59 Å². The van der Waals surface area contributed by atoms with E-state index in [0.717, 1.165) is 24.2 Å². The predicted molar refractivity (Wildman–Crippen MR) is 109 cm³/mol. The maximum Gasteiger partial charge on any atom is 0.251 e. The van der Waals surface area contributed by atoms with E-state index in [0.29, 0.717) is 23.6 Å². The van der Waals surface area contributed by atoms with Crippen LogP contribution in [0.5, 0.6) is 17.2 Å². The summed E-state index contributed by atoms with van der Waals surface area (Å²) >= 11 is 0. The molecule has 3 rings (SSSR count). The SMILES string of the molecule is COc1ccc([C@H]2CCCN2C(=O)CNC(=O)c2ccc(OC)c(OC)c2)cc1. The maximum atomic E-state index is 12.8. The van der Waals surface area contributed by atoms with Crippen LogP contribution in [-0.2, 0) is 4.79 Å². The molecule has 0 aromatic heterocycles. The lowest BCUT2D eigenvalue weighted by atomic mass is 10.0. The second-order valence-corrected chi connectivity index (χ2v) is 6.77. The summed E-state index contributed by atoms with van der Waals surface area (Å²) in [6.45, 7) is 0.627. The number of benzene rings is 2. The molecule has 7 heteroatoms. The summed E-state index contributed by atoms with van der Waals surface area (Å²) in [7, 11) is 4.67. The van der Waals surface area contributed by atoms with Crippen LogP contribution in [0.2, 0.25) is 0 Å². The van der Waals surface area contributed by atoms with E-state index < -0.39 is 0 Å². The molecule has 29 heavy (non-hydrogen) atoms. The monoisotopic (exact) mass is 398 g/mol. The number of carbonyl (C=O) groups excluding carboxylic acids is 2. The normalized spacial score (nSPS) is 15.7. The Morgan fingerprint density at radius 3 is 2.38 bits per heavy atom. The van der Waals surface area contributed by atoms with Crippen molar-refractivity contribution in [2.45, 2.75) is 18.9 Å². The molecule has 2 amide bonds. The molecule has 0 spiro atoms. The number of rotatable bonds is 7. The number of hydrogen-bond acceptors (Lipinski definition) is 5. The maximum absolute atomic E-state index is 12.8. The van der Waals surface area contributed by atoms with Crippen molar-refractivity contribution < 1.29 is 23.8 Å². The first-order chi connectivity index (χ1) is 14.1. The van der Waals surface area contributed by atoms with Crippen LogP contribution < -0.4 is 19.5 Å². The molecule has 1 saturated heterocycles. The fourth-order valence-electron chi connectivity index (χ4n) is 3.57. The van der Waals surface area contributed by atoms with Crippen molar-refractivity contribution in [3.63, 3.8) is 0 Å². The van der Waals surface area contributed by atoms with Crippen LogP contribution in [0.3, 0.4) is 0 Å². The summed E-state index contributed by atoms with van der Waals surface area (Å²) in [6, 6.07) is 12.7. The van der Waals surface area contributed by atoms with Crippen molar-refractivity contribution >= 4 is 11.8 Å². The molecule has 1 heterocycles. The van der Waals surface area contributed by atoms with Gasteiger partial charge in [-0.05, 0) is 48.7 Å². The first kappa shape index (κ1) is 20.5. The minimum atomic E-state index is -0.334. The molecule has 1 fully saturated rings. The highest BCUT2D eigenvalue weighted by Crippen LogP contribution is 2.32. The van der Waals surface area contributed by atoms with Gasteiger partial charge in [0.25, 0.3) is 5.91 Å². The third-order valence-corrected chi connectivity index (χ3v) is 5.12. The van der Waals surface area contributed by atoms with Crippen LogP contribution in [0.25, 0.3) is 0 Å². The van der Waals surface area contributed by atoms with E-state index in [2.05, 4.69) is 5.32 Å². The number of methoxy groups -OCH3 is 3. The van der Waals surface area contributed by atoms with Gasteiger partial charge in [0.2, 0.25) is 5.91 Å². The molecule has 2 aromatic rings. The highest BCUT2D eigenvalue weighted by atomic mass is 16.5. The van der Waals surface area contributed by atoms with Gasteiger partial charge >= 0.3 is 0 Å². The third-order valence-electron chi connectivity index (χ3n) is 5.12. The fraction of sp³-hybridized carbons (Fsp3) is 0.364. The van der Waals surface area contributed by atoms with Crippen LogP contribution >= 0.6 is 0 Å². The molecule has 154 valence electrons. The second-order valence-electron chi connectivity index (χ2n) is 6.77. The van der Waals surface area contributed by atoms with Crippen LogP contribution in [0.15, 0.2) is 42.5 Å². The van der Waals surface area contributed by atoms with Crippen molar-refractivity contribution in [2.24, 2.45) is 0 Å². The first-order valence-corrected chi connectivity index (χ1v) is 9.51. The minimum absolute atomic E-state index is 0.0198. The Bertz CT molecular complexity index is 866. The third kappa shape index (κ3) is 4.62. The first-order valence-electron chi connectivity index (χ1n) is 9.51. The van der Waals surface area contributed by atoms with Gasteiger partial charge in [-0.15, -0.1) is 0 Å². The quantitative estimate of drug-likeness (QED) is 0.776. The van der Waals surface area contributed by atoms with Crippen molar-refractivity contribution in [1.29, 1.82) is 0 Å². The van der Waals surface area contributed by atoms with Crippen molar-refractivity contribution in [1.82, 2.24) is 10.2 Å². The van der Waals surface area contributed by atoms with Crippen molar-refractivity contribution in [2.75, 3.05) is 34.4 Å². The molecule has 7 nitrogen and oxygen atoms in total. The summed E-state index contributed by atoms with van der Waals surface area (Å²) < 4.78 is 15.6. The van der Waals surface area contributed by atoms with Gasteiger partial charge in [-0.25, -0.2) is 0 Å². The molecule has 1 atom stereocenters. The molecule has 0 bridgehead atoms. The van der Waals surface area contributed by atoms with E-state index in [1.54, 1.807) is 25.3 Å². The van der Waals surface area contributed by atoms with E-state index >= 15 is 0 Å². The molecule has 0 aliphatic carbocycles. The number of amides is 2. The lowest BCUT2D eigenvalue weighted by molar-refractivity contribution is -0.131. The van der Waals surface area contributed by atoms with E-state index in [4.69, 9.17) is 14.2 Å². The van der Waals surface area contributed by atoms with Gasteiger partial charge in [-0.3, -0.25) is 9.59 Å². The molecule has 1 aliphatic rings. The molecule has 0 radical (unpaired) electrons. The average molecular weight is 398 g/mol. The van der Waals surface area contributed by atoms with Crippen LogP contribution in [-0.4, -0.2) is 51.1 Å². The number of hydrogen-bond donors (Lipinski definition) is 1. The zero-order chi connectivity index (χ0) is 20.8. The zero-order valence-corrected chi connectivity index (χ0v) is 16.9. The van der Waals surface area contributed by atoms with E-state index in [-0.39, 0.29) is 24.4 Å². The molecule has 0 saturated carbocycles. The Morgan fingerprint density at radius 2 is 1.72 bits per heavy atom. The number of nitrogens with one attached hydrogen (secondary N) is 1. The van der Waals surface area contributed by atoms with Crippen LogP contribution in [0.4, 0.5) is 0 Å². The van der Waals surface area contributed by atoms with E-state index in [1.165, 1.54) is 14.2 Å². The molecule has 1 aliphatic heterocycles. The topological polar surface area (TPSA) is 77.1 Å². The highest BCUT2D eigenvalue weighted by molar-refractivity contribution is 5.97. The van der Waals surface area contributed by atoms with Crippen LogP contribution in [0.1, 0.15) is 34.8 Å². The fourth-order valence-corrected chi connectivity index (χ4v) is 3.57. The predicted octanol–water partition coefficient (Wildman–Crippen LogP) is 2.81. The summed E-state index contributed by atoms with van der Waals surface area (Å²) in [4.78, 5) is 27.0. The second kappa shape index (κ2) is 9.32. The van der Waals surface area contributed by atoms with Crippen molar-refractivity contribution in [3.8, 4) is 17.2 Å². The number of likely N-dealkylation sites (tertiary alicyclic amines) is 1. The van der Waals surface area contributed by atoms with Gasteiger partial charge in [0.15, 0.2) is 11.5 Å². The summed E-state index contributed by atoms with van der Waals surface area (Å²) in [5.74, 6) is 1.36. The lowest BCUT2D eigenvalue weighted by Crippen LogP contribution is -2.39. The summed E-state index contributed by atoms with van der Waals surface area (Å²) in [5, 5.41) is 2.71. The smallest absolute Gasteiger partial charge is 0.251 e. The number of nitrogens with zero attached hydrogens (tertiary/aromatic N) is 1. The zero-order valence-electron chi connectivity index (χ0n) is 16.9. The molecule has 2 aromatic carbocycles. The Labute approximate surface area is 170 Å². The Balaban J connectivity index is 1.62. The molecule has 0 unspecified atom stereocenters. The summed E-state index contributed by atoms with van der Waals surface area (Å²) in [6.07, 6.45) is 1.84. The Morgan fingerprint density at radius 1 is 1.00 bits per heavy atom. The molecular formula is C22H26N2O5.